The molecule has 0 saturated carbocycles. The van der Waals surface area contributed by atoms with Crippen molar-refractivity contribution in [2.24, 2.45) is 0 Å². The highest BCUT2D eigenvalue weighted by molar-refractivity contribution is 5.81. The number of nitriles is 1. The average molecular weight is 327 g/mol. The molecule has 0 spiro atoms. The molecule has 124 valence electrons. The lowest BCUT2D eigenvalue weighted by molar-refractivity contribution is -1.00. The van der Waals surface area contributed by atoms with E-state index in [1.54, 1.807) is 24.3 Å². The molecule has 1 aromatic carbocycles. The molecule has 0 amide bonds. The van der Waals surface area contributed by atoms with Gasteiger partial charge in [0.15, 0.2) is 11.6 Å². The van der Waals surface area contributed by atoms with E-state index in [1.165, 1.54) is 9.80 Å². The molecule has 0 atom stereocenters. The van der Waals surface area contributed by atoms with Crippen LogP contribution in [0.4, 0.5) is 0 Å². The molecule has 0 unspecified atom stereocenters. The highest BCUT2D eigenvalue weighted by atomic mass is 16.3. The second kappa shape index (κ2) is 6.83. The first-order valence-corrected chi connectivity index (χ1v) is 8.05. The Kier molecular flexibility index (Phi) is 4.60. The number of para-hydroxylation sites is 1. The van der Waals surface area contributed by atoms with Crippen molar-refractivity contribution < 1.29 is 14.9 Å². The Morgan fingerprint density at radius 2 is 2.04 bits per heavy atom. The van der Waals surface area contributed by atoms with Gasteiger partial charge in [-0.15, -0.1) is 0 Å². The lowest BCUT2D eigenvalue weighted by Crippen LogP contribution is -3.27. The number of allylic oxidation sites excluding steroid dienone is 1. The maximum Gasteiger partial charge on any atom is 0.259 e. The Morgan fingerprint density at radius 3 is 2.75 bits per heavy atom. The lowest BCUT2D eigenvalue weighted by Gasteiger charge is -2.27. The summed E-state index contributed by atoms with van der Waals surface area (Å²) in [7, 11) is 2.15. The van der Waals surface area contributed by atoms with Gasteiger partial charge in [-0.3, -0.25) is 4.79 Å². The fourth-order valence-corrected chi connectivity index (χ4v) is 2.99. The summed E-state index contributed by atoms with van der Waals surface area (Å²) < 4.78 is 0. The molecule has 4 N–H and O–H groups in total. The van der Waals surface area contributed by atoms with Gasteiger partial charge in [-0.05, 0) is 12.1 Å². The molecule has 1 aliphatic heterocycles. The van der Waals surface area contributed by atoms with Gasteiger partial charge in [0.1, 0.15) is 44.4 Å². The second-order valence-electron chi connectivity index (χ2n) is 6.25. The summed E-state index contributed by atoms with van der Waals surface area (Å²) in [5.41, 5.74) is 0.232. The summed E-state index contributed by atoms with van der Waals surface area (Å²) in [6.45, 7) is 4.32. The molecule has 2 heterocycles. The molecule has 1 aliphatic rings. The maximum atomic E-state index is 12.2. The topological polar surface area (TPSA) is 98.6 Å². The fourth-order valence-electron chi connectivity index (χ4n) is 2.99. The Bertz CT molecular complexity index is 872. The number of fused-ring (bicyclic) bond motifs is 1. The van der Waals surface area contributed by atoms with Crippen LogP contribution in [0, 0.1) is 11.3 Å². The molecular formula is C17H21N5O2+2. The second-order valence-corrected chi connectivity index (χ2v) is 6.25. The number of aliphatic hydroxyl groups is 1. The van der Waals surface area contributed by atoms with E-state index in [0.717, 1.165) is 26.2 Å². The average Bonchev–Trinajstić information content (AvgIpc) is 2.58. The van der Waals surface area contributed by atoms with Crippen LogP contribution in [0.15, 0.2) is 34.8 Å². The van der Waals surface area contributed by atoms with Crippen LogP contribution in [0.3, 0.4) is 0 Å². The van der Waals surface area contributed by atoms with Crippen LogP contribution >= 0.6 is 0 Å². The van der Waals surface area contributed by atoms with Gasteiger partial charge in [0.2, 0.25) is 0 Å². The highest BCUT2D eigenvalue weighted by Gasteiger charge is 2.23. The van der Waals surface area contributed by atoms with Crippen LogP contribution in [0.2, 0.25) is 0 Å². The fraction of sp³-hybridized carbons (Fsp3) is 0.353. The number of benzene rings is 1. The largest absolute Gasteiger partial charge is 0.506 e. The molecule has 7 nitrogen and oxygen atoms in total. The summed E-state index contributed by atoms with van der Waals surface area (Å²) >= 11 is 0. The zero-order valence-electron chi connectivity index (χ0n) is 13.6. The minimum Gasteiger partial charge on any atom is -0.506 e. The molecule has 7 heteroatoms. The highest BCUT2D eigenvalue weighted by Crippen LogP contribution is 2.13. The van der Waals surface area contributed by atoms with E-state index in [0.29, 0.717) is 17.4 Å². The minimum absolute atomic E-state index is 0.0227. The van der Waals surface area contributed by atoms with Gasteiger partial charge in [-0.2, -0.15) is 5.26 Å². The molecule has 24 heavy (non-hydrogen) atoms. The zero-order chi connectivity index (χ0) is 17.1. The number of likely N-dealkylation sites (N-methyl/N-ethyl adjacent to an activating group) is 1. The van der Waals surface area contributed by atoms with Crippen LogP contribution in [0.1, 0.15) is 5.82 Å². The Labute approximate surface area is 139 Å². The van der Waals surface area contributed by atoms with Gasteiger partial charge >= 0.3 is 0 Å². The lowest BCUT2D eigenvalue weighted by atomic mass is 10.2. The van der Waals surface area contributed by atoms with Gasteiger partial charge in [0.05, 0.1) is 18.0 Å². The molecule has 0 radical (unpaired) electrons. The van der Waals surface area contributed by atoms with E-state index in [4.69, 9.17) is 0 Å². The summed E-state index contributed by atoms with van der Waals surface area (Å²) in [5.74, 6) is 0.100. The van der Waals surface area contributed by atoms with Gasteiger partial charge in [0.25, 0.3) is 5.56 Å². The van der Waals surface area contributed by atoms with Gasteiger partial charge in [-0.1, -0.05) is 12.1 Å². The predicted molar refractivity (Wildman–Crippen MR) is 89.7 cm³/mol. The first kappa shape index (κ1) is 16.2. The number of quaternary nitrogens is 2. The summed E-state index contributed by atoms with van der Waals surface area (Å²) in [6, 6.07) is 8.92. The van der Waals surface area contributed by atoms with Crippen LogP contribution in [-0.4, -0.2) is 54.8 Å². The quantitative estimate of drug-likeness (QED) is 0.392. The van der Waals surface area contributed by atoms with E-state index >= 15 is 0 Å². The van der Waals surface area contributed by atoms with E-state index in [1.807, 2.05) is 6.07 Å². The molecule has 1 fully saturated rings. The molecule has 1 saturated heterocycles. The summed E-state index contributed by atoms with van der Waals surface area (Å²) in [5, 5.41) is 20.3. The van der Waals surface area contributed by atoms with Gasteiger partial charge < -0.3 is 19.9 Å². The van der Waals surface area contributed by atoms with E-state index < -0.39 is 0 Å². The predicted octanol–water partition coefficient (Wildman–Crippen LogP) is -1.87. The smallest absolute Gasteiger partial charge is 0.259 e. The van der Waals surface area contributed by atoms with Crippen LogP contribution in [0.5, 0.6) is 0 Å². The van der Waals surface area contributed by atoms with Gasteiger partial charge in [-0.25, -0.2) is 4.98 Å². The normalized spacial score (nSPS) is 22.0. The van der Waals surface area contributed by atoms with Crippen molar-refractivity contribution >= 4 is 16.5 Å². The number of nitrogens with zero attached hydrogens (tertiary/aromatic N) is 2. The number of aliphatic hydroxyl groups excluding tert-OH is 1. The Balaban J connectivity index is 1.93. The van der Waals surface area contributed by atoms with Crippen LogP contribution in [0.25, 0.3) is 16.5 Å². The Hall–Kier alpha value is -2.69. The molecule has 0 aliphatic carbocycles. The zero-order valence-corrected chi connectivity index (χ0v) is 13.6. The molecule has 1 aromatic heterocycles. The van der Waals surface area contributed by atoms with Crippen molar-refractivity contribution in [2.75, 3.05) is 39.8 Å². The monoisotopic (exact) mass is 327 g/mol. The van der Waals surface area contributed by atoms with Crippen LogP contribution in [-0.2, 0) is 0 Å². The summed E-state index contributed by atoms with van der Waals surface area (Å²) in [4.78, 5) is 21.8. The third-order valence-corrected chi connectivity index (χ3v) is 4.48. The molecule has 3 rings (SSSR count). The minimum atomic E-state index is -0.313. The van der Waals surface area contributed by atoms with Crippen LogP contribution < -0.4 is 15.4 Å². The summed E-state index contributed by atoms with van der Waals surface area (Å²) in [6.07, 6.45) is 0. The molecule has 0 bridgehead atoms. The maximum absolute atomic E-state index is 12.2. The van der Waals surface area contributed by atoms with Crippen molar-refractivity contribution in [3.05, 3.63) is 46.2 Å². The van der Waals surface area contributed by atoms with Crippen molar-refractivity contribution in [1.29, 1.82) is 5.26 Å². The van der Waals surface area contributed by atoms with Crippen molar-refractivity contribution in [2.45, 2.75) is 0 Å². The van der Waals surface area contributed by atoms with E-state index in [-0.39, 0.29) is 22.7 Å². The van der Waals surface area contributed by atoms with Crippen molar-refractivity contribution in [1.82, 2.24) is 9.97 Å². The van der Waals surface area contributed by atoms with Gasteiger partial charge in [0, 0.05) is 0 Å². The standard InChI is InChI=1S/C17H19N5O2/c1-21-6-8-22(9-7-21)11-15(23)13(10-18)16-19-14-5-3-2-4-12(14)17(24)20-16/h2-5,23H,6-9,11H2,1H3,(H,19,20,24)/p+2. The van der Waals surface area contributed by atoms with Crippen molar-refractivity contribution in [3.8, 4) is 6.07 Å². The SMILES string of the molecule is C[NH+]1CC[NH+](CC(O)=C(C#N)c2nc3ccccc3c(=O)[nH]2)CC1. The number of aromatic nitrogens is 2. The van der Waals surface area contributed by atoms with E-state index in [9.17, 15) is 15.2 Å². The number of aromatic amines is 1. The first-order chi connectivity index (χ1) is 11.6. The number of piperazine rings is 1. The van der Waals surface area contributed by atoms with E-state index in [2.05, 4.69) is 17.0 Å². The first-order valence-electron chi connectivity index (χ1n) is 8.05. The third-order valence-electron chi connectivity index (χ3n) is 4.48. The number of nitrogens with one attached hydrogen (secondary N) is 3. The third kappa shape index (κ3) is 3.30. The number of hydrogen-bond donors (Lipinski definition) is 4. The number of rotatable bonds is 3. The number of H-pyrrole nitrogens is 1. The van der Waals surface area contributed by atoms with Crippen molar-refractivity contribution in [3.63, 3.8) is 0 Å². The Morgan fingerprint density at radius 1 is 1.33 bits per heavy atom. The number of hydrogen-bond acceptors (Lipinski definition) is 4. The molecular weight excluding hydrogens is 306 g/mol. The molecule has 2 aromatic rings.